The Morgan fingerprint density at radius 3 is 2.42 bits per heavy atom. The summed E-state index contributed by atoms with van der Waals surface area (Å²) in [6.07, 6.45) is 0. The first kappa shape index (κ1) is 13.6. The molecule has 1 aliphatic heterocycles. The molecule has 0 radical (unpaired) electrons. The normalized spacial score (nSPS) is 18.4. The van der Waals surface area contributed by atoms with E-state index in [-0.39, 0.29) is 11.8 Å². The summed E-state index contributed by atoms with van der Waals surface area (Å²) in [6.45, 7) is 10.0. The molecule has 19 heavy (non-hydrogen) atoms. The number of carbonyl (C=O) groups excluding carboxylic acids is 2. The third-order valence-corrected chi connectivity index (χ3v) is 3.87. The van der Waals surface area contributed by atoms with Crippen molar-refractivity contribution in [2.45, 2.75) is 40.2 Å². The predicted octanol–water partition coefficient (Wildman–Crippen LogP) is 1.56. The first-order chi connectivity index (χ1) is 8.76. The number of amides is 2. The molecule has 104 valence electrons. The molecule has 1 N–H and O–H groups in total. The number of piperazine rings is 1. The molecule has 0 spiro atoms. The van der Waals surface area contributed by atoms with Gasteiger partial charge in [0, 0.05) is 18.7 Å². The zero-order valence-electron chi connectivity index (χ0n) is 12.1. The highest BCUT2D eigenvalue weighted by atomic mass is 16.3. The van der Waals surface area contributed by atoms with Crippen LogP contribution in [0.15, 0.2) is 4.42 Å². The van der Waals surface area contributed by atoms with Crippen LogP contribution in [0.5, 0.6) is 0 Å². The molecule has 2 heterocycles. The molecule has 2 amide bonds. The van der Waals surface area contributed by atoms with Crippen molar-refractivity contribution in [3.8, 4) is 0 Å². The van der Waals surface area contributed by atoms with Crippen molar-refractivity contribution in [3.63, 3.8) is 0 Å². The molecule has 0 unspecified atom stereocenters. The van der Waals surface area contributed by atoms with Crippen LogP contribution < -0.4 is 5.32 Å². The van der Waals surface area contributed by atoms with Gasteiger partial charge >= 0.3 is 0 Å². The fourth-order valence-electron chi connectivity index (χ4n) is 2.50. The highest BCUT2D eigenvalue weighted by Gasteiger charge is 2.41. The van der Waals surface area contributed by atoms with Gasteiger partial charge in [0.15, 0.2) is 0 Å². The third-order valence-electron chi connectivity index (χ3n) is 3.87. The number of nitrogens with one attached hydrogen (secondary N) is 1. The van der Waals surface area contributed by atoms with Crippen LogP contribution in [-0.4, -0.2) is 35.3 Å². The predicted molar refractivity (Wildman–Crippen MR) is 71.0 cm³/mol. The monoisotopic (exact) mass is 264 g/mol. The minimum Gasteiger partial charge on any atom is -0.466 e. The fourth-order valence-corrected chi connectivity index (χ4v) is 2.50. The number of carbonyl (C=O) groups is 2. The molecule has 1 saturated heterocycles. The van der Waals surface area contributed by atoms with Gasteiger partial charge in [0.1, 0.15) is 17.1 Å². The summed E-state index contributed by atoms with van der Waals surface area (Å²) in [5, 5.41) is 2.79. The van der Waals surface area contributed by atoms with Crippen molar-refractivity contribution in [2.24, 2.45) is 0 Å². The Kier molecular flexibility index (Phi) is 3.16. The second-order valence-corrected chi connectivity index (χ2v) is 5.49. The van der Waals surface area contributed by atoms with Gasteiger partial charge in [-0.25, -0.2) is 0 Å². The van der Waals surface area contributed by atoms with Gasteiger partial charge in [-0.3, -0.25) is 9.59 Å². The summed E-state index contributed by atoms with van der Waals surface area (Å²) in [7, 11) is 0. The fraction of sp³-hybridized carbons (Fsp3) is 0.571. The molecule has 5 nitrogen and oxygen atoms in total. The van der Waals surface area contributed by atoms with Crippen molar-refractivity contribution >= 4 is 11.8 Å². The van der Waals surface area contributed by atoms with E-state index in [1.54, 1.807) is 25.7 Å². The largest absolute Gasteiger partial charge is 0.466 e. The third kappa shape index (κ3) is 2.03. The summed E-state index contributed by atoms with van der Waals surface area (Å²) in [6, 6.07) is 0. The molecule has 0 aliphatic carbocycles. The van der Waals surface area contributed by atoms with Crippen molar-refractivity contribution in [3.05, 3.63) is 22.6 Å². The number of furan rings is 1. The number of nitrogens with zero attached hydrogens (tertiary/aromatic N) is 1. The Morgan fingerprint density at radius 1 is 1.26 bits per heavy atom. The van der Waals surface area contributed by atoms with E-state index in [0.717, 1.165) is 11.3 Å². The van der Waals surface area contributed by atoms with E-state index in [9.17, 15) is 9.59 Å². The maximum Gasteiger partial charge on any atom is 0.258 e. The SMILES string of the molecule is Cc1oc(C)c(C(=O)N2CCNC(=O)C2(C)C)c1C. The number of rotatable bonds is 1. The van der Waals surface area contributed by atoms with Gasteiger partial charge < -0.3 is 14.6 Å². The van der Waals surface area contributed by atoms with Gasteiger partial charge in [-0.1, -0.05) is 0 Å². The number of aryl methyl sites for hydroxylation is 2. The quantitative estimate of drug-likeness (QED) is 0.837. The van der Waals surface area contributed by atoms with Gasteiger partial charge in [0.25, 0.3) is 5.91 Å². The van der Waals surface area contributed by atoms with Crippen LogP contribution in [-0.2, 0) is 4.79 Å². The Balaban J connectivity index is 2.41. The molecule has 1 aromatic heterocycles. The molecule has 0 aromatic carbocycles. The highest BCUT2D eigenvalue weighted by Crippen LogP contribution is 2.26. The van der Waals surface area contributed by atoms with E-state index < -0.39 is 5.54 Å². The molecule has 1 fully saturated rings. The summed E-state index contributed by atoms with van der Waals surface area (Å²) in [5.74, 6) is 1.11. The smallest absolute Gasteiger partial charge is 0.258 e. The molecule has 1 aliphatic rings. The average molecular weight is 264 g/mol. The van der Waals surface area contributed by atoms with Gasteiger partial charge in [0.05, 0.1) is 5.56 Å². The minimum atomic E-state index is -0.834. The first-order valence-corrected chi connectivity index (χ1v) is 6.43. The lowest BCUT2D eigenvalue weighted by Crippen LogP contribution is -2.63. The lowest BCUT2D eigenvalue weighted by Gasteiger charge is -2.41. The zero-order valence-corrected chi connectivity index (χ0v) is 12.1. The molecule has 1 aromatic rings. The van der Waals surface area contributed by atoms with E-state index in [1.165, 1.54) is 0 Å². The van der Waals surface area contributed by atoms with E-state index >= 15 is 0 Å². The molecule has 0 bridgehead atoms. The highest BCUT2D eigenvalue weighted by molar-refractivity contribution is 6.01. The Morgan fingerprint density at radius 2 is 1.89 bits per heavy atom. The minimum absolute atomic E-state index is 0.123. The summed E-state index contributed by atoms with van der Waals surface area (Å²) < 4.78 is 5.50. The maximum atomic E-state index is 12.7. The average Bonchev–Trinajstić information content (AvgIpc) is 2.56. The second kappa shape index (κ2) is 4.40. The van der Waals surface area contributed by atoms with Crippen molar-refractivity contribution < 1.29 is 14.0 Å². The van der Waals surface area contributed by atoms with E-state index in [1.807, 2.05) is 13.8 Å². The molecular weight excluding hydrogens is 244 g/mol. The van der Waals surface area contributed by atoms with Gasteiger partial charge in [-0.15, -0.1) is 0 Å². The van der Waals surface area contributed by atoms with Crippen molar-refractivity contribution in [1.82, 2.24) is 10.2 Å². The van der Waals surface area contributed by atoms with Crippen LogP contribution in [0, 0.1) is 20.8 Å². The zero-order chi connectivity index (χ0) is 14.4. The van der Waals surface area contributed by atoms with Gasteiger partial charge in [-0.05, 0) is 34.6 Å². The molecule has 2 rings (SSSR count). The van der Waals surface area contributed by atoms with Gasteiger partial charge in [0.2, 0.25) is 5.91 Å². The van der Waals surface area contributed by atoms with Crippen LogP contribution in [0.4, 0.5) is 0 Å². The van der Waals surface area contributed by atoms with Crippen LogP contribution >= 0.6 is 0 Å². The summed E-state index contributed by atoms with van der Waals surface area (Å²) >= 11 is 0. The Labute approximate surface area is 113 Å². The van der Waals surface area contributed by atoms with Crippen LogP contribution in [0.2, 0.25) is 0 Å². The first-order valence-electron chi connectivity index (χ1n) is 6.43. The van der Waals surface area contributed by atoms with Crippen LogP contribution in [0.1, 0.15) is 41.3 Å². The van der Waals surface area contributed by atoms with Crippen molar-refractivity contribution in [1.29, 1.82) is 0 Å². The molecule has 0 saturated carbocycles. The van der Waals surface area contributed by atoms with E-state index in [2.05, 4.69) is 5.32 Å². The summed E-state index contributed by atoms with van der Waals surface area (Å²) in [5.41, 5.74) is 0.601. The standard InChI is InChI=1S/C14H20N2O3/c1-8-9(2)19-10(3)11(8)12(17)16-7-6-15-13(18)14(16,4)5/h6-7H2,1-5H3,(H,15,18). The number of hydrogen-bond acceptors (Lipinski definition) is 3. The topological polar surface area (TPSA) is 62.6 Å². The number of hydrogen-bond donors (Lipinski definition) is 1. The van der Waals surface area contributed by atoms with Crippen LogP contribution in [0.3, 0.4) is 0 Å². The molecular formula is C14H20N2O3. The Hall–Kier alpha value is -1.78. The van der Waals surface area contributed by atoms with Crippen LogP contribution in [0.25, 0.3) is 0 Å². The van der Waals surface area contributed by atoms with E-state index in [0.29, 0.717) is 24.4 Å². The molecule has 0 atom stereocenters. The maximum absolute atomic E-state index is 12.7. The van der Waals surface area contributed by atoms with Crippen molar-refractivity contribution in [2.75, 3.05) is 13.1 Å². The summed E-state index contributed by atoms with van der Waals surface area (Å²) in [4.78, 5) is 26.2. The van der Waals surface area contributed by atoms with E-state index in [4.69, 9.17) is 4.42 Å². The second-order valence-electron chi connectivity index (χ2n) is 5.49. The lowest BCUT2D eigenvalue weighted by molar-refractivity contribution is -0.133. The lowest BCUT2D eigenvalue weighted by atomic mass is 9.97. The Bertz CT molecular complexity index is 543. The molecule has 5 heteroatoms. The van der Waals surface area contributed by atoms with Gasteiger partial charge in [-0.2, -0.15) is 0 Å².